The van der Waals surface area contributed by atoms with E-state index in [-0.39, 0.29) is 35.5 Å². The van der Waals surface area contributed by atoms with Crippen LogP contribution in [-0.4, -0.2) is 27.6 Å². The quantitative estimate of drug-likeness (QED) is 0.408. The maximum atomic E-state index is 13.1. The lowest BCUT2D eigenvalue weighted by molar-refractivity contribution is -0.140. The van der Waals surface area contributed by atoms with E-state index in [1.807, 2.05) is 45.0 Å². The van der Waals surface area contributed by atoms with E-state index in [2.05, 4.69) is 21.8 Å². The number of nitrogens with zero attached hydrogens (tertiary/aromatic N) is 3. The fourth-order valence-corrected chi connectivity index (χ4v) is 6.39. The number of carbonyl (C=O) groups excluding carboxylic acids is 2. The lowest BCUT2D eigenvalue weighted by Crippen LogP contribution is -2.40. The molecule has 158 valence electrons. The molecule has 5 aliphatic rings. The molecule has 5 nitrogen and oxygen atoms in total. The molecule has 2 aromatic rings. The number of carbonyl (C=O) groups is 2. The van der Waals surface area contributed by atoms with Crippen LogP contribution < -0.4 is 0 Å². The first-order valence-electron chi connectivity index (χ1n) is 10.9. The number of hydrazone groups is 1. The van der Waals surface area contributed by atoms with Crippen molar-refractivity contribution >= 4 is 29.6 Å². The molecule has 31 heavy (non-hydrogen) atoms. The number of benzene rings is 1. The lowest BCUT2D eigenvalue weighted by Gasteiger charge is -2.37. The molecular weight excluding hydrogens is 410 g/mol. The van der Waals surface area contributed by atoms with Gasteiger partial charge in [-0.1, -0.05) is 29.8 Å². The predicted molar refractivity (Wildman–Crippen MR) is 119 cm³/mol. The van der Waals surface area contributed by atoms with Gasteiger partial charge in [-0.05, 0) is 74.6 Å². The van der Waals surface area contributed by atoms with Gasteiger partial charge in [0, 0.05) is 27.7 Å². The maximum Gasteiger partial charge on any atom is 0.254 e. The molecule has 4 aliphatic carbocycles. The molecule has 1 aliphatic heterocycles. The van der Waals surface area contributed by atoms with Crippen LogP contribution in [0.1, 0.15) is 28.9 Å². The van der Waals surface area contributed by atoms with Gasteiger partial charge in [0.25, 0.3) is 11.8 Å². The highest BCUT2D eigenvalue weighted by Crippen LogP contribution is 2.65. The van der Waals surface area contributed by atoms with Crippen LogP contribution in [0.2, 0.25) is 5.02 Å². The summed E-state index contributed by atoms with van der Waals surface area (Å²) >= 11 is 6.33. The second-order valence-electron chi connectivity index (χ2n) is 9.48. The van der Waals surface area contributed by atoms with Gasteiger partial charge in [0.2, 0.25) is 0 Å². The van der Waals surface area contributed by atoms with Crippen molar-refractivity contribution in [2.24, 2.45) is 40.6 Å². The number of hydrogen-bond acceptors (Lipinski definition) is 3. The number of amides is 2. The Morgan fingerprint density at radius 1 is 1.00 bits per heavy atom. The van der Waals surface area contributed by atoms with Crippen LogP contribution in [0, 0.1) is 56.3 Å². The first-order valence-corrected chi connectivity index (χ1v) is 11.3. The van der Waals surface area contributed by atoms with Gasteiger partial charge < -0.3 is 4.57 Å². The molecule has 0 unspecified atom stereocenters. The highest BCUT2D eigenvalue weighted by molar-refractivity contribution is 6.31. The van der Waals surface area contributed by atoms with Crippen LogP contribution >= 0.6 is 11.6 Å². The third-order valence-corrected chi connectivity index (χ3v) is 8.24. The molecule has 1 saturated heterocycles. The number of aromatic nitrogens is 1. The molecule has 7 rings (SSSR count). The minimum atomic E-state index is -0.217. The minimum Gasteiger partial charge on any atom is -0.318 e. The van der Waals surface area contributed by atoms with Crippen molar-refractivity contribution in [3.05, 3.63) is 64.0 Å². The number of hydrogen-bond donors (Lipinski definition) is 0. The Bertz CT molecular complexity index is 1170. The molecule has 0 N–H and O–H groups in total. The normalized spacial score (nSPS) is 32.8. The Balaban J connectivity index is 1.30. The summed E-state index contributed by atoms with van der Waals surface area (Å²) in [7, 11) is 0. The van der Waals surface area contributed by atoms with E-state index in [0.717, 1.165) is 44.7 Å². The van der Waals surface area contributed by atoms with E-state index in [0.29, 0.717) is 11.8 Å². The van der Waals surface area contributed by atoms with Crippen LogP contribution in [0.15, 0.2) is 41.5 Å². The molecule has 0 spiro atoms. The van der Waals surface area contributed by atoms with Gasteiger partial charge in [0.1, 0.15) is 0 Å². The SMILES string of the molecule is Cc1ccc(-n2c(C)cc(/C=N\N3C(=O)[C@@H]4[C@H]5C=C[C@@H]([C@@H]6C[C@H]56)[C@@H]4C3=O)c2C)cc1Cl. The van der Waals surface area contributed by atoms with E-state index in [4.69, 9.17) is 11.6 Å². The fraction of sp³-hybridized carbons (Fsp3) is 0.400. The minimum absolute atomic E-state index is 0.130. The highest BCUT2D eigenvalue weighted by atomic mass is 35.5. The summed E-state index contributed by atoms with van der Waals surface area (Å²) in [6, 6.07) is 8.00. The number of rotatable bonds is 3. The molecule has 3 fully saturated rings. The zero-order valence-electron chi connectivity index (χ0n) is 17.7. The molecule has 2 amide bonds. The zero-order chi connectivity index (χ0) is 21.6. The summed E-state index contributed by atoms with van der Waals surface area (Å²) in [5, 5.41) is 6.26. The summed E-state index contributed by atoms with van der Waals surface area (Å²) in [5.74, 6) is 0.927. The van der Waals surface area contributed by atoms with E-state index in [1.165, 1.54) is 0 Å². The predicted octanol–water partition coefficient (Wildman–Crippen LogP) is 4.44. The van der Waals surface area contributed by atoms with Gasteiger partial charge in [0.05, 0.1) is 18.1 Å². The van der Waals surface area contributed by atoms with Crippen molar-refractivity contribution in [3.8, 4) is 5.69 Å². The summed E-state index contributed by atoms with van der Waals surface area (Å²) in [6.07, 6.45) is 7.17. The van der Waals surface area contributed by atoms with Crippen LogP contribution in [-0.2, 0) is 9.59 Å². The highest BCUT2D eigenvalue weighted by Gasteiger charge is 2.67. The first kappa shape index (κ1) is 19.1. The molecule has 2 saturated carbocycles. The number of halogens is 1. The number of imide groups is 1. The van der Waals surface area contributed by atoms with Gasteiger partial charge in [-0.15, -0.1) is 0 Å². The van der Waals surface area contributed by atoms with Gasteiger partial charge >= 0.3 is 0 Å². The van der Waals surface area contributed by atoms with Crippen LogP contribution in [0.25, 0.3) is 5.69 Å². The van der Waals surface area contributed by atoms with Crippen molar-refractivity contribution < 1.29 is 9.59 Å². The van der Waals surface area contributed by atoms with Crippen molar-refractivity contribution in [1.82, 2.24) is 9.58 Å². The molecule has 6 heteroatoms. The third-order valence-electron chi connectivity index (χ3n) is 7.84. The van der Waals surface area contributed by atoms with Gasteiger partial charge in [-0.25, -0.2) is 0 Å². The average molecular weight is 434 g/mol. The summed E-state index contributed by atoms with van der Waals surface area (Å²) in [6.45, 7) is 6.01. The van der Waals surface area contributed by atoms with Crippen molar-refractivity contribution in [1.29, 1.82) is 0 Å². The second kappa shape index (κ2) is 6.42. The Morgan fingerprint density at radius 2 is 1.65 bits per heavy atom. The van der Waals surface area contributed by atoms with Crippen molar-refractivity contribution in [3.63, 3.8) is 0 Å². The second-order valence-corrected chi connectivity index (χ2v) is 9.89. The van der Waals surface area contributed by atoms with E-state index < -0.39 is 0 Å². The van der Waals surface area contributed by atoms with Crippen molar-refractivity contribution in [2.45, 2.75) is 27.2 Å². The van der Waals surface area contributed by atoms with Gasteiger partial charge in [0.15, 0.2) is 0 Å². The van der Waals surface area contributed by atoms with Gasteiger partial charge in [-0.2, -0.15) is 10.1 Å². The molecule has 0 radical (unpaired) electrons. The molecule has 1 aromatic carbocycles. The molecule has 2 bridgehead atoms. The van der Waals surface area contributed by atoms with E-state index >= 15 is 0 Å². The van der Waals surface area contributed by atoms with E-state index in [1.54, 1.807) is 6.21 Å². The number of allylic oxidation sites excluding steroid dienone is 2. The third kappa shape index (κ3) is 2.59. The molecule has 2 heterocycles. The van der Waals surface area contributed by atoms with Crippen molar-refractivity contribution in [2.75, 3.05) is 0 Å². The molecular formula is C25H24ClN3O2. The summed E-state index contributed by atoms with van der Waals surface area (Å²) in [4.78, 5) is 26.2. The van der Waals surface area contributed by atoms with Gasteiger partial charge in [-0.3, -0.25) is 9.59 Å². The Hall–Kier alpha value is -2.66. The average Bonchev–Trinajstić information content (AvgIpc) is 3.47. The molecule has 6 atom stereocenters. The topological polar surface area (TPSA) is 54.7 Å². The lowest BCUT2D eigenvalue weighted by atomic mass is 9.63. The molecule has 1 aromatic heterocycles. The van der Waals surface area contributed by atoms with E-state index in [9.17, 15) is 9.59 Å². The monoisotopic (exact) mass is 433 g/mol. The first-order chi connectivity index (χ1) is 14.9. The van der Waals surface area contributed by atoms with Crippen LogP contribution in [0.5, 0.6) is 0 Å². The van der Waals surface area contributed by atoms with Crippen LogP contribution in [0.4, 0.5) is 0 Å². The van der Waals surface area contributed by atoms with Crippen LogP contribution in [0.3, 0.4) is 0 Å². The Labute approximate surface area is 186 Å². The summed E-state index contributed by atoms with van der Waals surface area (Å²) in [5.41, 5.74) is 4.91. The standard InChI is InChI=1S/C25H24ClN3O2/c1-12-4-5-16(9-21(12)26)28-13(2)8-15(14(28)3)11-27-29-24(30)22-17-6-7-18(20-10-19(17)20)23(22)25(29)31/h4-9,11,17-20,22-23H,10H2,1-3H3/b27-11-/t17-,18-,19-,20+,22-,23+/m0/s1. The summed E-state index contributed by atoms with van der Waals surface area (Å²) < 4.78 is 2.11. The fourth-order valence-electron chi connectivity index (χ4n) is 6.21. The number of aryl methyl sites for hydroxylation is 2. The Morgan fingerprint density at radius 3 is 2.26 bits per heavy atom. The zero-order valence-corrected chi connectivity index (χ0v) is 18.5. The largest absolute Gasteiger partial charge is 0.318 e. The smallest absolute Gasteiger partial charge is 0.254 e. The maximum absolute atomic E-state index is 13.1. The Kier molecular flexibility index (Phi) is 3.95.